The number of halogens is 1. The first kappa shape index (κ1) is 19.1. The molecule has 0 aromatic heterocycles. The number of benzene rings is 1. The van der Waals surface area contributed by atoms with Gasteiger partial charge in [-0.1, -0.05) is 55.0 Å². The molecule has 2 atom stereocenters. The van der Waals surface area contributed by atoms with Crippen LogP contribution in [0.4, 0.5) is 5.69 Å². The Balaban J connectivity index is 1.93. The number of allylic oxidation sites excluding steroid dienone is 2. The van der Waals surface area contributed by atoms with E-state index in [-0.39, 0.29) is 5.92 Å². The molecule has 130 valence electrons. The summed E-state index contributed by atoms with van der Waals surface area (Å²) >= 11 is 7.46. The molecular formula is C16H20ClN3O2S2. The molecule has 2 rings (SSSR count). The molecule has 1 aliphatic carbocycles. The Morgan fingerprint density at radius 3 is 2.71 bits per heavy atom. The Labute approximate surface area is 152 Å². The number of sulfonamides is 1. The number of anilines is 1. The molecule has 24 heavy (non-hydrogen) atoms. The second-order valence-corrected chi connectivity index (χ2v) is 8.84. The molecule has 0 spiro atoms. The van der Waals surface area contributed by atoms with Gasteiger partial charge in [0.1, 0.15) is 0 Å². The van der Waals surface area contributed by atoms with E-state index in [1.807, 2.05) is 37.3 Å². The zero-order valence-electron chi connectivity index (χ0n) is 13.5. The van der Waals surface area contributed by atoms with Crippen LogP contribution in [0.2, 0.25) is 0 Å². The van der Waals surface area contributed by atoms with Crippen molar-refractivity contribution in [2.45, 2.75) is 11.9 Å². The summed E-state index contributed by atoms with van der Waals surface area (Å²) in [6.07, 6.45) is 10.5. The minimum Gasteiger partial charge on any atom is -0.269 e. The first-order valence-corrected chi connectivity index (χ1v) is 10.4. The van der Waals surface area contributed by atoms with Crippen molar-refractivity contribution in [2.75, 3.05) is 16.5 Å². The van der Waals surface area contributed by atoms with Gasteiger partial charge in [-0.2, -0.15) is 3.71 Å². The maximum Gasteiger partial charge on any atom is 0.242 e. The Morgan fingerprint density at radius 1 is 1.38 bits per heavy atom. The monoisotopic (exact) mass is 385 g/mol. The van der Waals surface area contributed by atoms with E-state index in [1.165, 1.54) is 3.71 Å². The van der Waals surface area contributed by atoms with Crippen LogP contribution in [0.15, 0.2) is 59.6 Å². The molecule has 1 aromatic rings. The zero-order valence-corrected chi connectivity index (χ0v) is 15.9. The Bertz CT molecular complexity index is 735. The molecule has 1 N–H and O–H groups in total. The average molecular weight is 386 g/mol. The van der Waals surface area contributed by atoms with Crippen molar-refractivity contribution < 1.29 is 8.42 Å². The molecule has 0 aliphatic heterocycles. The Morgan fingerprint density at radius 2 is 2.08 bits per heavy atom. The van der Waals surface area contributed by atoms with Gasteiger partial charge in [-0.3, -0.25) is 4.99 Å². The van der Waals surface area contributed by atoms with E-state index in [9.17, 15) is 8.42 Å². The number of hydrogen-bond donors (Lipinski definition) is 1. The lowest BCUT2D eigenvalue weighted by molar-refractivity contribution is 0.569. The van der Waals surface area contributed by atoms with E-state index >= 15 is 0 Å². The standard InChI is InChI=1S/C16H20ClN3O2S2/c1-14-8-6-7-11-16(14,17)18-12-13-19-23-20(24(2,21)22)15-9-4-3-5-10-15/h3-12,14,19H,13H2,1-2H3. The lowest BCUT2D eigenvalue weighted by Gasteiger charge is -2.26. The summed E-state index contributed by atoms with van der Waals surface area (Å²) in [6.45, 7) is 2.37. The number of hydrogen-bond acceptors (Lipinski definition) is 5. The van der Waals surface area contributed by atoms with E-state index < -0.39 is 15.0 Å². The van der Waals surface area contributed by atoms with Crippen molar-refractivity contribution in [2.24, 2.45) is 10.9 Å². The van der Waals surface area contributed by atoms with Crippen LogP contribution in [0, 0.1) is 5.92 Å². The number of rotatable bonds is 7. The van der Waals surface area contributed by atoms with Gasteiger partial charge < -0.3 is 0 Å². The molecule has 0 fully saturated rings. The van der Waals surface area contributed by atoms with Crippen molar-refractivity contribution in [1.29, 1.82) is 0 Å². The van der Waals surface area contributed by atoms with Gasteiger partial charge in [0.15, 0.2) is 5.00 Å². The highest BCUT2D eigenvalue weighted by Crippen LogP contribution is 2.32. The lowest BCUT2D eigenvalue weighted by atomic mass is 9.97. The van der Waals surface area contributed by atoms with Gasteiger partial charge in [-0.25, -0.2) is 13.1 Å². The highest BCUT2D eigenvalue weighted by atomic mass is 35.5. The first-order chi connectivity index (χ1) is 11.3. The van der Waals surface area contributed by atoms with Gasteiger partial charge in [0, 0.05) is 18.7 Å². The molecule has 1 aliphatic rings. The predicted molar refractivity (Wildman–Crippen MR) is 104 cm³/mol. The normalized spacial score (nSPS) is 23.7. The van der Waals surface area contributed by atoms with Crippen LogP contribution < -0.4 is 8.43 Å². The molecule has 5 nitrogen and oxygen atoms in total. The van der Waals surface area contributed by atoms with Crippen molar-refractivity contribution in [3.05, 3.63) is 54.6 Å². The largest absolute Gasteiger partial charge is 0.269 e. The van der Waals surface area contributed by atoms with E-state index in [4.69, 9.17) is 11.6 Å². The van der Waals surface area contributed by atoms with Crippen LogP contribution in [-0.2, 0) is 10.0 Å². The van der Waals surface area contributed by atoms with E-state index in [2.05, 4.69) is 9.71 Å². The van der Waals surface area contributed by atoms with Crippen LogP contribution in [0.25, 0.3) is 0 Å². The summed E-state index contributed by atoms with van der Waals surface area (Å²) in [5, 5.41) is 0. The number of nitrogens with zero attached hydrogens (tertiary/aromatic N) is 2. The highest BCUT2D eigenvalue weighted by Gasteiger charge is 2.29. The van der Waals surface area contributed by atoms with Crippen LogP contribution in [0.1, 0.15) is 6.92 Å². The maximum atomic E-state index is 11.9. The summed E-state index contributed by atoms with van der Waals surface area (Å²) < 4.78 is 28.1. The highest BCUT2D eigenvalue weighted by molar-refractivity contribution is 8.13. The Kier molecular flexibility index (Phi) is 6.51. The van der Waals surface area contributed by atoms with Crippen LogP contribution >= 0.6 is 23.7 Å². The van der Waals surface area contributed by atoms with Crippen LogP contribution in [0.3, 0.4) is 0 Å². The third-order valence-electron chi connectivity index (χ3n) is 3.36. The smallest absolute Gasteiger partial charge is 0.242 e. The summed E-state index contributed by atoms with van der Waals surface area (Å²) in [7, 11) is -3.40. The van der Waals surface area contributed by atoms with Gasteiger partial charge in [-0.05, 0) is 18.2 Å². The van der Waals surface area contributed by atoms with Crippen molar-refractivity contribution in [1.82, 2.24) is 4.72 Å². The maximum absolute atomic E-state index is 11.9. The topological polar surface area (TPSA) is 61.8 Å². The summed E-state index contributed by atoms with van der Waals surface area (Å²) in [5.41, 5.74) is 0.581. The van der Waals surface area contributed by atoms with Gasteiger partial charge in [0.2, 0.25) is 10.0 Å². The van der Waals surface area contributed by atoms with E-state index in [0.717, 1.165) is 18.4 Å². The van der Waals surface area contributed by atoms with Crippen molar-refractivity contribution >= 4 is 45.7 Å². The SMILES string of the molecule is CC1C=CC=CC1(Cl)N=CCNSN(c1ccccc1)S(C)(=O)=O. The fourth-order valence-electron chi connectivity index (χ4n) is 2.05. The van der Waals surface area contributed by atoms with Gasteiger partial charge in [0.05, 0.1) is 24.1 Å². The average Bonchev–Trinajstić information content (AvgIpc) is 2.53. The number of nitrogens with one attached hydrogen (secondary N) is 1. The summed E-state index contributed by atoms with van der Waals surface area (Å²) in [6, 6.07) is 8.88. The fraction of sp³-hybridized carbons (Fsp3) is 0.312. The van der Waals surface area contributed by atoms with E-state index in [0.29, 0.717) is 12.2 Å². The van der Waals surface area contributed by atoms with Crippen molar-refractivity contribution in [3.63, 3.8) is 0 Å². The van der Waals surface area contributed by atoms with Gasteiger partial charge >= 0.3 is 0 Å². The third-order valence-corrected chi connectivity index (χ3v) is 6.45. The number of alkyl halides is 1. The molecule has 0 saturated carbocycles. The molecular weight excluding hydrogens is 366 g/mol. The molecule has 1 aromatic carbocycles. The lowest BCUT2D eigenvalue weighted by Crippen LogP contribution is -2.29. The molecule has 0 heterocycles. The summed E-state index contributed by atoms with van der Waals surface area (Å²) in [4.78, 5) is 3.61. The van der Waals surface area contributed by atoms with Gasteiger partial charge in [-0.15, -0.1) is 0 Å². The van der Waals surface area contributed by atoms with Crippen molar-refractivity contribution in [3.8, 4) is 0 Å². The number of aliphatic imine (C=N–C) groups is 1. The van der Waals surface area contributed by atoms with Crippen LogP contribution in [-0.4, -0.2) is 32.4 Å². The van der Waals surface area contributed by atoms with Gasteiger partial charge in [0.25, 0.3) is 0 Å². The second kappa shape index (κ2) is 8.20. The molecule has 8 heteroatoms. The summed E-state index contributed by atoms with van der Waals surface area (Å²) in [5.74, 6) is 0.0879. The van der Waals surface area contributed by atoms with Crippen LogP contribution in [0.5, 0.6) is 0 Å². The number of para-hydroxylation sites is 1. The molecule has 0 saturated heterocycles. The second-order valence-electron chi connectivity index (χ2n) is 5.34. The third kappa shape index (κ3) is 5.11. The first-order valence-electron chi connectivity index (χ1n) is 7.37. The predicted octanol–water partition coefficient (Wildman–Crippen LogP) is 3.37. The quantitative estimate of drug-likeness (QED) is 0.257. The molecule has 2 unspecified atom stereocenters. The minimum atomic E-state index is -3.40. The minimum absolute atomic E-state index is 0.0879. The molecule has 0 radical (unpaired) electrons. The Hall–Kier alpha value is -1.28. The molecule has 0 amide bonds. The fourth-order valence-corrected chi connectivity index (χ4v) is 3.96. The van der Waals surface area contributed by atoms with E-state index in [1.54, 1.807) is 30.5 Å². The zero-order chi connectivity index (χ0) is 17.6. The molecule has 0 bridgehead atoms.